The van der Waals surface area contributed by atoms with Gasteiger partial charge >= 0.3 is 0 Å². The Morgan fingerprint density at radius 2 is 1.64 bits per heavy atom. The molecule has 0 aliphatic carbocycles. The molecular weight excluding hydrogens is 478 g/mol. The van der Waals surface area contributed by atoms with E-state index in [9.17, 15) is 9.59 Å². The molecule has 8 nitrogen and oxygen atoms in total. The lowest BCUT2D eigenvalue weighted by molar-refractivity contribution is -0.131. The van der Waals surface area contributed by atoms with Crippen molar-refractivity contribution in [3.05, 3.63) is 76.0 Å². The van der Waals surface area contributed by atoms with Gasteiger partial charge in [0.1, 0.15) is 5.82 Å². The number of carbonyl (C=O) groups is 1. The molecule has 9 heteroatoms. The maximum absolute atomic E-state index is 13.3. The number of nitrogens with zero attached hydrogens (tertiary/aromatic N) is 5. The molecule has 1 amide bonds. The molecular formula is C27H30ClN5O3. The van der Waals surface area contributed by atoms with Crippen LogP contribution in [0, 0.1) is 0 Å². The first-order valence-corrected chi connectivity index (χ1v) is 12.7. The second kappa shape index (κ2) is 11.1. The van der Waals surface area contributed by atoms with Crippen molar-refractivity contribution in [2.45, 2.75) is 13.0 Å². The second-order valence-electron chi connectivity index (χ2n) is 9.01. The number of benzene rings is 2. The molecule has 2 aliphatic heterocycles. The van der Waals surface area contributed by atoms with Gasteiger partial charge in [-0.1, -0.05) is 48.0 Å². The van der Waals surface area contributed by atoms with Gasteiger partial charge in [-0.15, -0.1) is 0 Å². The zero-order valence-electron chi connectivity index (χ0n) is 20.2. The number of halogens is 1. The van der Waals surface area contributed by atoms with Gasteiger partial charge in [-0.25, -0.2) is 4.68 Å². The summed E-state index contributed by atoms with van der Waals surface area (Å²) < 4.78 is 6.93. The lowest BCUT2D eigenvalue weighted by atomic mass is 10.1. The zero-order valence-corrected chi connectivity index (χ0v) is 20.9. The van der Waals surface area contributed by atoms with Crippen LogP contribution in [-0.4, -0.2) is 73.1 Å². The monoisotopic (exact) mass is 507 g/mol. The number of aromatic nitrogens is 2. The van der Waals surface area contributed by atoms with E-state index in [0.717, 1.165) is 43.2 Å². The summed E-state index contributed by atoms with van der Waals surface area (Å²) in [4.78, 5) is 32.6. The standard InChI is InChI=1S/C27H30ClN5O3/c28-22-7-4-8-23(19-22)30-11-13-32(14-12-30)26(34)9-10-33-27(35)24(21-5-2-1-3-6-21)20-25(29-33)31-15-17-36-18-16-31/h1-8,19-20H,9-18H2. The van der Waals surface area contributed by atoms with Gasteiger partial charge in [0.2, 0.25) is 5.91 Å². The van der Waals surface area contributed by atoms with E-state index in [2.05, 4.69) is 14.9 Å². The van der Waals surface area contributed by atoms with Gasteiger partial charge in [0.15, 0.2) is 0 Å². The zero-order chi connectivity index (χ0) is 24.9. The number of hydrogen-bond acceptors (Lipinski definition) is 6. The number of anilines is 2. The Hall–Kier alpha value is -3.36. The Balaban J connectivity index is 1.28. The Labute approximate surface area is 215 Å². The van der Waals surface area contributed by atoms with Crippen LogP contribution in [0.1, 0.15) is 6.42 Å². The molecule has 2 saturated heterocycles. The summed E-state index contributed by atoms with van der Waals surface area (Å²) in [5.74, 6) is 0.770. The number of piperazine rings is 1. The largest absolute Gasteiger partial charge is 0.378 e. The number of rotatable bonds is 6. The third kappa shape index (κ3) is 5.55. The van der Waals surface area contributed by atoms with Crippen molar-refractivity contribution in [3.63, 3.8) is 0 Å². The van der Waals surface area contributed by atoms with Gasteiger partial charge in [0.05, 0.1) is 25.3 Å². The molecule has 2 aromatic carbocycles. The number of ether oxygens (including phenoxy) is 1. The summed E-state index contributed by atoms with van der Waals surface area (Å²) in [6, 6.07) is 19.3. The summed E-state index contributed by atoms with van der Waals surface area (Å²) in [6.07, 6.45) is 0.227. The van der Waals surface area contributed by atoms with E-state index in [4.69, 9.17) is 16.3 Å². The van der Waals surface area contributed by atoms with Gasteiger partial charge in [-0.3, -0.25) is 9.59 Å². The summed E-state index contributed by atoms with van der Waals surface area (Å²) in [5, 5.41) is 5.35. The van der Waals surface area contributed by atoms with Crippen LogP contribution in [-0.2, 0) is 16.1 Å². The van der Waals surface area contributed by atoms with Crippen LogP contribution >= 0.6 is 11.6 Å². The Kier molecular flexibility index (Phi) is 7.53. The van der Waals surface area contributed by atoms with Crippen molar-refractivity contribution >= 4 is 29.0 Å². The van der Waals surface area contributed by atoms with E-state index in [1.165, 1.54) is 4.68 Å². The summed E-state index contributed by atoms with van der Waals surface area (Å²) in [7, 11) is 0. The lowest BCUT2D eigenvalue weighted by Gasteiger charge is -2.36. The first kappa shape index (κ1) is 24.3. The first-order chi connectivity index (χ1) is 17.6. The minimum atomic E-state index is -0.184. The fourth-order valence-corrected chi connectivity index (χ4v) is 4.88. The van der Waals surface area contributed by atoms with Gasteiger partial charge in [-0.2, -0.15) is 5.10 Å². The molecule has 0 atom stereocenters. The van der Waals surface area contributed by atoms with Crippen LogP contribution in [0.5, 0.6) is 0 Å². The lowest BCUT2D eigenvalue weighted by Crippen LogP contribution is -2.49. The molecule has 188 valence electrons. The van der Waals surface area contributed by atoms with Crippen molar-refractivity contribution in [3.8, 4) is 11.1 Å². The highest BCUT2D eigenvalue weighted by Gasteiger charge is 2.22. The van der Waals surface area contributed by atoms with Gasteiger partial charge in [0, 0.05) is 56.4 Å². The molecule has 3 heterocycles. The molecule has 0 bridgehead atoms. The maximum Gasteiger partial charge on any atom is 0.274 e. The van der Waals surface area contributed by atoms with E-state index in [0.29, 0.717) is 36.9 Å². The highest BCUT2D eigenvalue weighted by Crippen LogP contribution is 2.22. The van der Waals surface area contributed by atoms with E-state index in [1.807, 2.05) is 65.6 Å². The predicted octanol–water partition coefficient (Wildman–Crippen LogP) is 3.14. The molecule has 0 radical (unpaired) electrons. The fourth-order valence-electron chi connectivity index (χ4n) is 4.70. The molecule has 0 saturated carbocycles. The molecule has 0 unspecified atom stereocenters. The fraction of sp³-hybridized carbons (Fsp3) is 0.370. The van der Waals surface area contributed by atoms with Crippen molar-refractivity contribution in [1.82, 2.24) is 14.7 Å². The third-order valence-electron chi connectivity index (χ3n) is 6.72. The number of carbonyl (C=O) groups excluding carboxylic acids is 1. The van der Waals surface area contributed by atoms with E-state index < -0.39 is 0 Å². The van der Waals surface area contributed by atoms with E-state index >= 15 is 0 Å². The summed E-state index contributed by atoms with van der Waals surface area (Å²) in [6.45, 7) is 5.69. The number of amides is 1. The minimum Gasteiger partial charge on any atom is -0.378 e. The SMILES string of the molecule is O=C(CCn1nc(N2CCOCC2)cc(-c2ccccc2)c1=O)N1CCN(c2cccc(Cl)c2)CC1. The van der Waals surface area contributed by atoms with Crippen LogP contribution in [0.15, 0.2) is 65.5 Å². The molecule has 0 spiro atoms. The van der Waals surface area contributed by atoms with Crippen molar-refractivity contribution in [1.29, 1.82) is 0 Å². The van der Waals surface area contributed by atoms with Crippen molar-refractivity contribution in [2.75, 3.05) is 62.3 Å². The Morgan fingerprint density at radius 1 is 0.889 bits per heavy atom. The minimum absolute atomic E-state index is 0.0347. The smallest absolute Gasteiger partial charge is 0.274 e. The second-order valence-corrected chi connectivity index (χ2v) is 9.44. The van der Waals surface area contributed by atoms with Crippen molar-refractivity contribution in [2.24, 2.45) is 0 Å². The Bertz CT molecular complexity index is 1250. The third-order valence-corrected chi connectivity index (χ3v) is 6.96. The molecule has 0 N–H and O–H groups in total. The number of aryl methyl sites for hydroxylation is 1. The summed E-state index contributed by atoms with van der Waals surface area (Å²) in [5.41, 5.74) is 2.32. The van der Waals surface area contributed by atoms with Crippen LogP contribution in [0.4, 0.5) is 11.5 Å². The number of hydrogen-bond donors (Lipinski definition) is 0. The summed E-state index contributed by atoms with van der Waals surface area (Å²) >= 11 is 6.13. The molecule has 5 rings (SSSR count). The van der Waals surface area contributed by atoms with Crippen LogP contribution < -0.4 is 15.4 Å². The average Bonchev–Trinajstić information content (AvgIpc) is 2.93. The molecule has 2 aliphatic rings. The molecule has 3 aromatic rings. The van der Waals surface area contributed by atoms with E-state index in [1.54, 1.807) is 0 Å². The first-order valence-electron chi connectivity index (χ1n) is 12.4. The quantitative estimate of drug-likeness (QED) is 0.510. The van der Waals surface area contributed by atoms with Crippen LogP contribution in [0.2, 0.25) is 5.02 Å². The van der Waals surface area contributed by atoms with E-state index in [-0.39, 0.29) is 24.4 Å². The normalized spacial score (nSPS) is 16.3. The Morgan fingerprint density at radius 3 is 2.36 bits per heavy atom. The molecule has 2 fully saturated rings. The number of morpholine rings is 1. The predicted molar refractivity (Wildman–Crippen MR) is 142 cm³/mol. The van der Waals surface area contributed by atoms with Crippen molar-refractivity contribution < 1.29 is 9.53 Å². The van der Waals surface area contributed by atoms with Gasteiger partial charge in [0.25, 0.3) is 5.56 Å². The molecule has 1 aromatic heterocycles. The highest BCUT2D eigenvalue weighted by molar-refractivity contribution is 6.30. The van der Waals surface area contributed by atoms with Crippen LogP contribution in [0.3, 0.4) is 0 Å². The average molecular weight is 508 g/mol. The maximum atomic E-state index is 13.3. The van der Waals surface area contributed by atoms with Gasteiger partial charge in [-0.05, 0) is 29.8 Å². The highest BCUT2D eigenvalue weighted by atomic mass is 35.5. The molecule has 36 heavy (non-hydrogen) atoms. The topological polar surface area (TPSA) is 70.9 Å². The van der Waals surface area contributed by atoms with Gasteiger partial charge < -0.3 is 19.4 Å². The van der Waals surface area contributed by atoms with Crippen LogP contribution in [0.25, 0.3) is 11.1 Å².